The quantitative estimate of drug-likeness (QED) is 0.173. The van der Waals surface area contributed by atoms with Crippen LogP contribution in [0.15, 0.2) is 192 Å². The summed E-state index contributed by atoms with van der Waals surface area (Å²) in [4.78, 5) is 2.45. The van der Waals surface area contributed by atoms with Gasteiger partial charge in [0.25, 0.3) is 0 Å². The molecule has 286 valence electrons. The summed E-state index contributed by atoms with van der Waals surface area (Å²) >= 11 is 0. The molecule has 0 atom stereocenters. The third-order valence-electron chi connectivity index (χ3n) is 13.7. The van der Waals surface area contributed by atoms with Gasteiger partial charge >= 0.3 is 0 Å². The van der Waals surface area contributed by atoms with E-state index >= 15 is 0 Å². The van der Waals surface area contributed by atoms with Crippen LogP contribution in [-0.4, -0.2) is 0 Å². The molecule has 0 amide bonds. The predicted molar refractivity (Wildman–Crippen MR) is 252 cm³/mol. The van der Waals surface area contributed by atoms with Gasteiger partial charge in [-0.1, -0.05) is 161 Å². The lowest BCUT2D eigenvalue weighted by atomic mass is 9.82. The second-order valence-electron chi connectivity index (χ2n) is 17.7. The van der Waals surface area contributed by atoms with Gasteiger partial charge in [-0.15, -0.1) is 0 Å². The lowest BCUT2D eigenvalue weighted by molar-refractivity contribution is 0.660. The number of hydrogen-bond acceptors (Lipinski definition) is 2. The fraction of sp³-hybridized carbons (Fsp3) is 0.103. The summed E-state index contributed by atoms with van der Waals surface area (Å²) in [5.41, 5.74) is 20.5. The standard InChI is InChI=1S/C58H43NO/c1-57(2)50-20-12-10-17-43(50)45-29-27-40(33-52(45)57)59(41-28-30-46-44-18-11-13-21-51(44)58(3,4)53(46)34-41)39-25-22-37(23-26-39)48-35-55-56(47-19-9-8-16-42(47)48)49-32-38(24-31-54(49)60-55)36-14-6-5-7-15-36/h5-35H,1-4H3. The van der Waals surface area contributed by atoms with Gasteiger partial charge in [0, 0.05) is 38.7 Å². The molecule has 9 aromatic carbocycles. The number of fused-ring (bicyclic) bond motifs is 11. The Morgan fingerprint density at radius 3 is 1.48 bits per heavy atom. The largest absolute Gasteiger partial charge is 0.456 e. The van der Waals surface area contributed by atoms with E-state index in [0.29, 0.717) is 0 Å². The van der Waals surface area contributed by atoms with Crippen molar-refractivity contribution in [2.24, 2.45) is 0 Å². The Labute approximate surface area is 351 Å². The zero-order valence-electron chi connectivity index (χ0n) is 34.3. The molecule has 1 aromatic heterocycles. The molecule has 0 spiro atoms. The van der Waals surface area contributed by atoms with Gasteiger partial charge in [-0.2, -0.15) is 0 Å². The highest BCUT2D eigenvalue weighted by molar-refractivity contribution is 6.22. The van der Waals surface area contributed by atoms with Gasteiger partial charge in [0.1, 0.15) is 11.2 Å². The summed E-state index contributed by atoms with van der Waals surface area (Å²) < 4.78 is 6.64. The lowest BCUT2D eigenvalue weighted by Crippen LogP contribution is -2.18. The van der Waals surface area contributed by atoms with E-state index in [1.165, 1.54) is 66.4 Å². The zero-order valence-corrected chi connectivity index (χ0v) is 34.3. The molecule has 2 aliphatic rings. The maximum atomic E-state index is 6.64. The van der Waals surface area contributed by atoms with Crippen LogP contribution in [0, 0.1) is 0 Å². The summed E-state index contributed by atoms with van der Waals surface area (Å²) in [6, 6.07) is 69.3. The normalized spacial score (nSPS) is 14.3. The molecule has 2 heteroatoms. The summed E-state index contributed by atoms with van der Waals surface area (Å²) in [5.74, 6) is 0. The maximum Gasteiger partial charge on any atom is 0.136 e. The van der Waals surface area contributed by atoms with Gasteiger partial charge in [0.2, 0.25) is 0 Å². The third-order valence-corrected chi connectivity index (χ3v) is 13.7. The predicted octanol–water partition coefficient (Wildman–Crippen LogP) is 16.2. The Bertz CT molecular complexity index is 3260. The van der Waals surface area contributed by atoms with Crippen LogP contribution < -0.4 is 4.90 Å². The second-order valence-corrected chi connectivity index (χ2v) is 17.7. The zero-order chi connectivity index (χ0) is 40.3. The Balaban J connectivity index is 1.00. The molecule has 0 bridgehead atoms. The third kappa shape index (κ3) is 5.01. The molecule has 1 heterocycles. The van der Waals surface area contributed by atoms with Crippen molar-refractivity contribution in [3.05, 3.63) is 210 Å². The topological polar surface area (TPSA) is 16.4 Å². The van der Waals surface area contributed by atoms with Crippen molar-refractivity contribution in [1.29, 1.82) is 0 Å². The molecule has 12 rings (SSSR count). The second kappa shape index (κ2) is 12.7. The average molecular weight is 770 g/mol. The van der Waals surface area contributed by atoms with Crippen LogP contribution in [0.2, 0.25) is 0 Å². The first-order valence-corrected chi connectivity index (χ1v) is 21.1. The van der Waals surface area contributed by atoms with E-state index in [1.807, 2.05) is 0 Å². The summed E-state index contributed by atoms with van der Waals surface area (Å²) in [6.45, 7) is 9.45. The first kappa shape index (κ1) is 34.8. The van der Waals surface area contributed by atoms with Crippen molar-refractivity contribution >= 4 is 49.8 Å². The molecule has 0 unspecified atom stereocenters. The van der Waals surface area contributed by atoms with Crippen molar-refractivity contribution in [3.63, 3.8) is 0 Å². The Hall–Kier alpha value is -7.16. The first-order chi connectivity index (χ1) is 29.3. The number of hydrogen-bond donors (Lipinski definition) is 0. The fourth-order valence-electron chi connectivity index (χ4n) is 10.6. The van der Waals surface area contributed by atoms with Crippen LogP contribution in [0.3, 0.4) is 0 Å². The molecular formula is C58H43NO. The summed E-state index contributed by atoms with van der Waals surface area (Å²) in [6.07, 6.45) is 0. The fourth-order valence-corrected chi connectivity index (χ4v) is 10.6. The monoisotopic (exact) mass is 769 g/mol. The number of benzene rings is 9. The van der Waals surface area contributed by atoms with Crippen molar-refractivity contribution < 1.29 is 4.42 Å². The van der Waals surface area contributed by atoms with Gasteiger partial charge in [-0.05, 0) is 132 Å². The summed E-state index contributed by atoms with van der Waals surface area (Å²) in [5, 5.41) is 4.71. The Morgan fingerprint density at radius 1 is 0.333 bits per heavy atom. The Kier molecular flexibility index (Phi) is 7.36. The van der Waals surface area contributed by atoms with Gasteiger partial charge in [-0.3, -0.25) is 0 Å². The molecule has 0 saturated carbocycles. The van der Waals surface area contributed by atoms with E-state index in [-0.39, 0.29) is 10.8 Å². The van der Waals surface area contributed by atoms with Gasteiger partial charge in [0.05, 0.1) is 0 Å². The van der Waals surface area contributed by atoms with Gasteiger partial charge in [0.15, 0.2) is 0 Å². The van der Waals surface area contributed by atoms with Crippen molar-refractivity contribution in [2.75, 3.05) is 4.90 Å². The molecule has 0 saturated heterocycles. The maximum absolute atomic E-state index is 6.64. The van der Waals surface area contributed by atoms with E-state index in [1.54, 1.807) is 0 Å². The molecule has 0 aliphatic heterocycles. The van der Waals surface area contributed by atoms with Crippen LogP contribution in [0.4, 0.5) is 17.1 Å². The van der Waals surface area contributed by atoms with Crippen LogP contribution >= 0.6 is 0 Å². The molecule has 2 aliphatic carbocycles. The minimum absolute atomic E-state index is 0.113. The highest BCUT2D eigenvalue weighted by atomic mass is 16.3. The molecule has 0 N–H and O–H groups in total. The molecular weight excluding hydrogens is 727 g/mol. The first-order valence-electron chi connectivity index (χ1n) is 21.1. The minimum atomic E-state index is -0.113. The van der Waals surface area contributed by atoms with Crippen LogP contribution in [-0.2, 0) is 10.8 Å². The van der Waals surface area contributed by atoms with Crippen molar-refractivity contribution in [2.45, 2.75) is 38.5 Å². The molecule has 2 nitrogen and oxygen atoms in total. The number of rotatable bonds is 5. The number of anilines is 3. The van der Waals surface area contributed by atoms with E-state index in [0.717, 1.165) is 50.1 Å². The van der Waals surface area contributed by atoms with Gasteiger partial charge < -0.3 is 9.32 Å². The lowest BCUT2D eigenvalue weighted by Gasteiger charge is -2.30. The molecule has 10 aromatic rings. The highest BCUT2D eigenvalue weighted by Crippen LogP contribution is 2.53. The Morgan fingerprint density at radius 2 is 0.850 bits per heavy atom. The number of furan rings is 1. The minimum Gasteiger partial charge on any atom is -0.456 e. The molecule has 0 fully saturated rings. The van der Waals surface area contributed by atoms with Crippen molar-refractivity contribution in [1.82, 2.24) is 0 Å². The van der Waals surface area contributed by atoms with Crippen molar-refractivity contribution in [3.8, 4) is 44.5 Å². The average Bonchev–Trinajstić information content (AvgIpc) is 3.86. The van der Waals surface area contributed by atoms with E-state index in [2.05, 4.69) is 221 Å². The highest BCUT2D eigenvalue weighted by Gasteiger charge is 2.37. The van der Waals surface area contributed by atoms with Crippen LogP contribution in [0.1, 0.15) is 49.9 Å². The van der Waals surface area contributed by atoms with Crippen LogP contribution in [0.5, 0.6) is 0 Å². The number of nitrogens with zero attached hydrogens (tertiary/aromatic N) is 1. The van der Waals surface area contributed by atoms with E-state index in [4.69, 9.17) is 4.42 Å². The van der Waals surface area contributed by atoms with E-state index < -0.39 is 0 Å². The summed E-state index contributed by atoms with van der Waals surface area (Å²) in [7, 11) is 0. The smallest absolute Gasteiger partial charge is 0.136 e. The molecule has 60 heavy (non-hydrogen) atoms. The van der Waals surface area contributed by atoms with E-state index in [9.17, 15) is 0 Å². The van der Waals surface area contributed by atoms with Gasteiger partial charge in [-0.25, -0.2) is 0 Å². The van der Waals surface area contributed by atoms with Crippen LogP contribution in [0.25, 0.3) is 77.2 Å². The molecule has 0 radical (unpaired) electrons. The SMILES string of the molecule is CC1(C)c2ccccc2-c2ccc(N(c3ccc(-c4cc5oc6ccc(-c7ccccc7)cc6c5c5ccccc45)cc3)c3ccc4c(c3)C(C)(C)c3ccccc3-4)cc21.